The third-order valence-electron chi connectivity index (χ3n) is 2.12. The Morgan fingerprint density at radius 2 is 2.05 bits per heavy atom. The lowest BCUT2D eigenvalue weighted by molar-refractivity contribution is -0.137. The largest absolute Gasteiger partial charge is 0.416 e. The topological polar surface area (TPSA) is 38.3 Å². The maximum absolute atomic E-state index is 12.5. The maximum Gasteiger partial charge on any atom is 0.416 e. The van der Waals surface area contributed by atoms with E-state index in [1.165, 1.54) is 6.07 Å². The van der Waals surface area contributed by atoms with Gasteiger partial charge in [-0.2, -0.15) is 13.2 Å². The van der Waals surface area contributed by atoms with Gasteiger partial charge in [-0.15, -0.1) is 0 Å². The van der Waals surface area contributed by atoms with Crippen LogP contribution >= 0.6 is 15.9 Å². The summed E-state index contributed by atoms with van der Waals surface area (Å²) < 4.78 is 37.9. The van der Waals surface area contributed by atoms with Crippen molar-refractivity contribution < 1.29 is 22.8 Å². The number of benzene rings is 1. The Morgan fingerprint density at radius 1 is 1.42 bits per heavy atom. The lowest BCUT2D eigenvalue weighted by Gasteiger charge is -2.11. The Balaban J connectivity index is 2.84. The van der Waals surface area contributed by atoms with Gasteiger partial charge in [0.05, 0.1) is 17.7 Å². The molecule has 7 heteroatoms. The number of hydrogen-bond donors (Lipinski definition) is 1. The van der Waals surface area contributed by atoms with E-state index in [1.807, 2.05) is 13.8 Å². The molecule has 1 aromatic rings. The van der Waals surface area contributed by atoms with Crippen LogP contribution in [0.5, 0.6) is 0 Å². The molecule has 1 amide bonds. The Hall–Kier alpha value is -1.08. The summed E-state index contributed by atoms with van der Waals surface area (Å²) in [6.45, 7) is 4.04. The highest BCUT2D eigenvalue weighted by Crippen LogP contribution is 2.31. The molecule has 1 aromatic carbocycles. The average molecular weight is 340 g/mol. The number of nitrogens with one attached hydrogen (secondary N) is 1. The Bertz CT molecular complexity index is 461. The normalized spacial score (nSPS) is 11.7. The van der Waals surface area contributed by atoms with Gasteiger partial charge in [0.25, 0.3) is 5.91 Å². The van der Waals surface area contributed by atoms with Crippen molar-refractivity contribution in [2.45, 2.75) is 20.0 Å². The molecule has 0 atom stereocenters. The fourth-order valence-electron chi connectivity index (χ4n) is 1.20. The molecule has 0 aliphatic rings. The van der Waals surface area contributed by atoms with Crippen LogP contribution in [0, 0.1) is 5.92 Å². The Labute approximate surface area is 117 Å². The highest BCUT2D eigenvalue weighted by Gasteiger charge is 2.31. The molecule has 0 unspecified atom stereocenters. The number of amides is 1. The second-order valence-corrected chi connectivity index (χ2v) is 5.18. The van der Waals surface area contributed by atoms with Gasteiger partial charge < -0.3 is 0 Å². The molecule has 1 N–H and O–H groups in total. The van der Waals surface area contributed by atoms with Crippen LogP contribution in [0.1, 0.15) is 29.8 Å². The number of carbonyl (C=O) groups is 1. The third kappa shape index (κ3) is 4.83. The van der Waals surface area contributed by atoms with Crippen LogP contribution in [0.3, 0.4) is 0 Å². The summed E-state index contributed by atoms with van der Waals surface area (Å²) in [7, 11) is 0. The average Bonchev–Trinajstić information content (AvgIpc) is 2.27. The van der Waals surface area contributed by atoms with Gasteiger partial charge in [0, 0.05) is 4.47 Å². The fourth-order valence-corrected chi connectivity index (χ4v) is 1.63. The van der Waals surface area contributed by atoms with E-state index >= 15 is 0 Å². The van der Waals surface area contributed by atoms with Gasteiger partial charge in [0.15, 0.2) is 0 Å². The van der Waals surface area contributed by atoms with Crippen LogP contribution in [0.25, 0.3) is 0 Å². The molecule has 0 heterocycles. The predicted octanol–water partition coefficient (Wildman–Crippen LogP) is 3.79. The van der Waals surface area contributed by atoms with Crippen LogP contribution < -0.4 is 5.48 Å². The first-order valence-electron chi connectivity index (χ1n) is 5.50. The summed E-state index contributed by atoms with van der Waals surface area (Å²) >= 11 is 3.03. The van der Waals surface area contributed by atoms with E-state index in [0.29, 0.717) is 0 Å². The van der Waals surface area contributed by atoms with Crippen molar-refractivity contribution in [1.82, 2.24) is 5.48 Å². The predicted molar refractivity (Wildman–Crippen MR) is 67.4 cm³/mol. The van der Waals surface area contributed by atoms with Crippen molar-refractivity contribution in [1.29, 1.82) is 0 Å². The summed E-state index contributed by atoms with van der Waals surface area (Å²) in [5.41, 5.74) is 1.10. The van der Waals surface area contributed by atoms with Crippen molar-refractivity contribution in [2.75, 3.05) is 6.61 Å². The van der Waals surface area contributed by atoms with E-state index in [0.717, 1.165) is 12.1 Å². The van der Waals surface area contributed by atoms with Crippen molar-refractivity contribution in [3.8, 4) is 0 Å². The number of rotatable bonds is 4. The number of hydroxylamine groups is 1. The van der Waals surface area contributed by atoms with Gasteiger partial charge in [-0.1, -0.05) is 13.8 Å². The second kappa shape index (κ2) is 6.38. The highest BCUT2D eigenvalue weighted by molar-refractivity contribution is 9.10. The monoisotopic (exact) mass is 339 g/mol. The Morgan fingerprint density at radius 3 is 2.58 bits per heavy atom. The third-order valence-corrected chi connectivity index (χ3v) is 2.81. The molecule has 1 rings (SSSR count). The molecule has 0 saturated carbocycles. The van der Waals surface area contributed by atoms with E-state index in [4.69, 9.17) is 4.84 Å². The SMILES string of the molecule is CC(C)CONC(=O)c1cc(C(F)(F)F)ccc1Br. The van der Waals surface area contributed by atoms with Gasteiger partial charge in [-0.25, -0.2) is 5.48 Å². The van der Waals surface area contributed by atoms with Crippen molar-refractivity contribution in [3.63, 3.8) is 0 Å². The number of halogens is 4. The van der Waals surface area contributed by atoms with Crippen LogP contribution in [0.2, 0.25) is 0 Å². The standard InChI is InChI=1S/C12H13BrF3NO2/c1-7(2)6-19-17-11(18)9-5-8(12(14,15)16)3-4-10(9)13/h3-5,7H,6H2,1-2H3,(H,17,18). The number of alkyl halides is 3. The van der Waals surface area contributed by atoms with Crippen LogP contribution in [-0.4, -0.2) is 12.5 Å². The van der Waals surface area contributed by atoms with E-state index in [-0.39, 0.29) is 22.6 Å². The zero-order valence-electron chi connectivity index (χ0n) is 10.3. The molecule has 106 valence electrons. The highest BCUT2D eigenvalue weighted by atomic mass is 79.9. The molecule has 0 aliphatic heterocycles. The second-order valence-electron chi connectivity index (χ2n) is 4.33. The fraction of sp³-hybridized carbons (Fsp3) is 0.417. The molecule has 3 nitrogen and oxygen atoms in total. The number of carbonyl (C=O) groups excluding carboxylic acids is 1. The van der Waals surface area contributed by atoms with Crippen LogP contribution in [0.15, 0.2) is 22.7 Å². The molecule has 19 heavy (non-hydrogen) atoms. The first kappa shape index (κ1) is 16.0. The molecule has 0 saturated heterocycles. The number of hydrogen-bond acceptors (Lipinski definition) is 2. The van der Waals surface area contributed by atoms with Gasteiger partial charge in [0.1, 0.15) is 0 Å². The van der Waals surface area contributed by atoms with E-state index < -0.39 is 17.6 Å². The molecule has 0 aromatic heterocycles. The summed E-state index contributed by atoms with van der Waals surface area (Å²) in [5.74, 6) is -0.524. The van der Waals surface area contributed by atoms with Crippen molar-refractivity contribution >= 4 is 21.8 Å². The lowest BCUT2D eigenvalue weighted by atomic mass is 10.1. The van der Waals surface area contributed by atoms with Gasteiger partial charge in [0.2, 0.25) is 0 Å². The molecule has 0 fully saturated rings. The van der Waals surface area contributed by atoms with E-state index in [2.05, 4.69) is 21.4 Å². The minimum Gasteiger partial charge on any atom is -0.273 e. The molecule has 0 bridgehead atoms. The summed E-state index contributed by atoms with van der Waals surface area (Å²) in [4.78, 5) is 16.6. The van der Waals surface area contributed by atoms with E-state index in [1.54, 1.807) is 0 Å². The minimum atomic E-state index is -4.49. The van der Waals surface area contributed by atoms with Gasteiger partial charge in [-0.05, 0) is 40.0 Å². The maximum atomic E-state index is 12.5. The molecule has 0 radical (unpaired) electrons. The van der Waals surface area contributed by atoms with Crippen LogP contribution in [-0.2, 0) is 11.0 Å². The summed E-state index contributed by atoms with van der Waals surface area (Å²) in [6.07, 6.45) is -4.49. The smallest absolute Gasteiger partial charge is 0.273 e. The minimum absolute atomic E-state index is 0.126. The lowest BCUT2D eigenvalue weighted by Crippen LogP contribution is -2.26. The molecular weight excluding hydrogens is 327 g/mol. The van der Waals surface area contributed by atoms with Crippen molar-refractivity contribution in [2.24, 2.45) is 5.92 Å². The molecule has 0 spiro atoms. The summed E-state index contributed by atoms with van der Waals surface area (Å²) in [5, 5.41) is 0. The zero-order chi connectivity index (χ0) is 14.6. The van der Waals surface area contributed by atoms with Gasteiger partial charge in [-0.3, -0.25) is 9.63 Å². The summed E-state index contributed by atoms with van der Waals surface area (Å²) in [6, 6.07) is 2.86. The first-order chi connectivity index (χ1) is 8.71. The molecular formula is C12H13BrF3NO2. The van der Waals surface area contributed by atoms with Gasteiger partial charge >= 0.3 is 6.18 Å². The molecule has 0 aliphatic carbocycles. The Kier molecular flexibility index (Phi) is 5.37. The van der Waals surface area contributed by atoms with Crippen LogP contribution in [0.4, 0.5) is 13.2 Å². The first-order valence-corrected chi connectivity index (χ1v) is 6.30. The quantitative estimate of drug-likeness (QED) is 0.847. The van der Waals surface area contributed by atoms with Crippen molar-refractivity contribution in [3.05, 3.63) is 33.8 Å². The zero-order valence-corrected chi connectivity index (χ0v) is 11.9. The van der Waals surface area contributed by atoms with E-state index in [9.17, 15) is 18.0 Å².